The zero-order valence-electron chi connectivity index (χ0n) is 18.4. The van der Waals surface area contributed by atoms with Crippen LogP contribution in [0.15, 0.2) is 42.0 Å². The molecule has 5 N–H and O–H groups in total. The number of ketones is 2. The van der Waals surface area contributed by atoms with Gasteiger partial charge < -0.3 is 39.7 Å². The van der Waals surface area contributed by atoms with E-state index in [1.54, 1.807) is 18.2 Å². The van der Waals surface area contributed by atoms with Crippen molar-refractivity contribution in [3.63, 3.8) is 0 Å². The maximum absolute atomic E-state index is 13.3. The molecule has 4 bridgehead atoms. The van der Waals surface area contributed by atoms with E-state index in [1.165, 1.54) is 13.2 Å². The van der Waals surface area contributed by atoms with E-state index >= 15 is 0 Å². The van der Waals surface area contributed by atoms with Crippen LogP contribution < -0.4 is 9.47 Å². The fourth-order valence-corrected chi connectivity index (χ4v) is 6.16. The molecule has 5 aliphatic rings. The number of Topliss-reactive ketones (excluding diaryl/α,β-unsaturated/α-hetero) is 2. The summed E-state index contributed by atoms with van der Waals surface area (Å²) in [6.45, 7) is 0.0452. The molecule has 10 nitrogen and oxygen atoms in total. The summed E-state index contributed by atoms with van der Waals surface area (Å²) in [7, 11) is 1.42. The maximum Gasteiger partial charge on any atom is 0.234 e. The van der Waals surface area contributed by atoms with E-state index < -0.39 is 59.0 Å². The molecule has 1 saturated heterocycles. The number of carbonyl (C=O) groups excluding carboxylic acids is 2. The van der Waals surface area contributed by atoms with Gasteiger partial charge in [0, 0.05) is 29.9 Å². The Hall–Kier alpha value is -3.60. The summed E-state index contributed by atoms with van der Waals surface area (Å²) >= 11 is 0. The van der Waals surface area contributed by atoms with Crippen LogP contribution in [0.4, 0.5) is 0 Å². The van der Waals surface area contributed by atoms with Gasteiger partial charge in [-0.1, -0.05) is 12.1 Å². The van der Waals surface area contributed by atoms with Gasteiger partial charge in [0.2, 0.25) is 11.6 Å². The number of aliphatic hydroxyl groups is 2. The number of benzene rings is 2. The van der Waals surface area contributed by atoms with E-state index in [9.17, 15) is 35.1 Å². The van der Waals surface area contributed by atoms with Crippen LogP contribution >= 0.6 is 0 Å². The number of carbonyl (C=O) groups is 2. The molecule has 0 radical (unpaired) electrons. The Kier molecular flexibility index (Phi) is 4.51. The number of phenols is 3. The summed E-state index contributed by atoms with van der Waals surface area (Å²) in [5.74, 6) is -6.84. The topological polar surface area (TPSA) is 163 Å². The first-order valence-electron chi connectivity index (χ1n) is 11.1. The molecule has 7 atom stereocenters. The second kappa shape index (κ2) is 7.20. The number of fused-ring (bicyclic) bond motifs is 1. The molecule has 3 aliphatic carbocycles. The largest absolute Gasteiger partial charge is 0.508 e. The molecule has 2 aliphatic heterocycles. The van der Waals surface area contributed by atoms with Gasteiger partial charge >= 0.3 is 0 Å². The quantitative estimate of drug-likeness (QED) is 0.399. The number of aromatic hydroxyl groups is 3. The Labute approximate surface area is 198 Å². The third-order valence-electron chi connectivity index (χ3n) is 7.62. The lowest BCUT2D eigenvalue weighted by Gasteiger charge is -2.50. The Balaban J connectivity index is 1.46. The highest BCUT2D eigenvalue weighted by Crippen LogP contribution is 2.61. The molecule has 10 heteroatoms. The van der Waals surface area contributed by atoms with Crippen LogP contribution in [-0.4, -0.2) is 68.8 Å². The summed E-state index contributed by atoms with van der Waals surface area (Å²) < 4.78 is 16.7. The fourth-order valence-electron chi connectivity index (χ4n) is 6.16. The van der Waals surface area contributed by atoms with Crippen LogP contribution in [0.5, 0.6) is 28.7 Å². The van der Waals surface area contributed by atoms with Crippen molar-refractivity contribution in [2.24, 2.45) is 17.8 Å². The van der Waals surface area contributed by atoms with Gasteiger partial charge in [0.05, 0.1) is 19.6 Å². The molecule has 35 heavy (non-hydrogen) atoms. The van der Waals surface area contributed by atoms with Crippen molar-refractivity contribution in [1.82, 2.24) is 0 Å². The minimum Gasteiger partial charge on any atom is -0.508 e. The molecular formula is C25H22O10. The fraction of sp³-hybridized carbons (Fsp3) is 0.360. The van der Waals surface area contributed by atoms with Crippen LogP contribution in [0.3, 0.4) is 0 Å². The van der Waals surface area contributed by atoms with Crippen molar-refractivity contribution in [3.05, 3.63) is 53.1 Å². The third-order valence-corrected chi connectivity index (χ3v) is 7.62. The average Bonchev–Trinajstić information content (AvgIpc) is 3.14. The second-order valence-electron chi connectivity index (χ2n) is 9.35. The lowest BCUT2D eigenvalue weighted by atomic mass is 9.55. The summed E-state index contributed by atoms with van der Waals surface area (Å²) in [6, 6.07) is 6.91. The van der Waals surface area contributed by atoms with E-state index in [0.717, 1.165) is 12.1 Å². The van der Waals surface area contributed by atoms with Crippen LogP contribution in [-0.2, 0) is 9.53 Å². The standard InChI is InChI=1S/C25H22O10/c1-33-16-4-9(2-3-14(16)27)18-11-7-12(20-13(18)8-34-25(20,32)24(11)31)23-22(30)21(29)19-15(28)5-10(26)6-17(19)35-23/h2-7,11,13,18,20,22-23,26-28,30,32H,8H2,1H3/t11-,13?,18?,20+,22-,23+,25-/m0/s1. The number of aliphatic hydroxyl groups excluding tert-OH is 1. The lowest BCUT2D eigenvalue weighted by Crippen LogP contribution is -2.60. The zero-order valence-corrected chi connectivity index (χ0v) is 18.4. The van der Waals surface area contributed by atoms with Gasteiger partial charge in [-0.15, -0.1) is 0 Å². The van der Waals surface area contributed by atoms with Gasteiger partial charge in [-0.05, 0) is 23.3 Å². The SMILES string of the molecule is COc1cc(C2C3CO[C@]4(O)C(=O)[C@H]2C=C([C@H]2Oc5cc(O)cc(O)c5C(=O)[C@@H]2O)[C@H]34)ccc1O. The lowest BCUT2D eigenvalue weighted by molar-refractivity contribution is -0.206. The van der Waals surface area contributed by atoms with Crippen molar-refractivity contribution in [1.29, 1.82) is 0 Å². The number of hydrogen-bond acceptors (Lipinski definition) is 10. The molecule has 2 aromatic carbocycles. The van der Waals surface area contributed by atoms with Crippen molar-refractivity contribution in [2.75, 3.05) is 13.7 Å². The molecule has 2 unspecified atom stereocenters. The normalized spacial score (nSPS) is 34.9. The van der Waals surface area contributed by atoms with Crippen molar-refractivity contribution >= 4 is 11.6 Å². The first-order chi connectivity index (χ1) is 16.7. The van der Waals surface area contributed by atoms with Gasteiger partial charge in [-0.3, -0.25) is 9.59 Å². The van der Waals surface area contributed by atoms with Gasteiger partial charge in [0.1, 0.15) is 22.8 Å². The molecule has 2 aromatic rings. The highest BCUT2D eigenvalue weighted by atomic mass is 16.6. The molecule has 0 amide bonds. The molecule has 7 rings (SSSR count). The summed E-state index contributed by atoms with van der Waals surface area (Å²) in [5, 5.41) is 52.0. The monoisotopic (exact) mass is 482 g/mol. The molecular weight excluding hydrogens is 460 g/mol. The van der Waals surface area contributed by atoms with E-state index in [1.807, 2.05) is 0 Å². The molecule has 0 spiro atoms. The summed E-state index contributed by atoms with van der Waals surface area (Å²) in [6.07, 6.45) is -1.37. The summed E-state index contributed by atoms with van der Waals surface area (Å²) in [4.78, 5) is 26.2. The first kappa shape index (κ1) is 21.9. The number of phenolic OH excluding ortho intramolecular Hbond substituents is 3. The minimum absolute atomic E-state index is 0.0452. The van der Waals surface area contributed by atoms with E-state index in [2.05, 4.69) is 0 Å². The van der Waals surface area contributed by atoms with Crippen LogP contribution in [0.25, 0.3) is 0 Å². The number of hydrogen-bond donors (Lipinski definition) is 5. The molecule has 182 valence electrons. The van der Waals surface area contributed by atoms with Gasteiger partial charge in [0.15, 0.2) is 29.5 Å². The van der Waals surface area contributed by atoms with Gasteiger partial charge in [-0.25, -0.2) is 0 Å². The third kappa shape index (κ3) is 2.81. The first-order valence-corrected chi connectivity index (χ1v) is 11.1. The van der Waals surface area contributed by atoms with Gasteiger partial charge in [-0.2, -0.15) is 0 Å². The predicted molar refractivity (Wildman–Crippen MR) is 116 cm³/mol. The Morgan fingerprint density at radius 1 is 1.09 bits per heavy atom. The number of ether oxygens (including phenoxy) is 3. The van der Waals surface area contributed by atoms with Crippen LogP contribution in [0, 0.1) is 17.8 Å². The van der Waals surface area contributed by atoms with Crippen LogP contribution in [0.1, 0.15) is 21.8 Å². The number of methoxy groups -OCH3 is 1. The highest BCUT2D eigenvalue weighted by Gasteiger charge is 2.69. The second-order valence-corrected chi connectivity index (χ2v) is 9.35. The maximum atomic E-state index is 13.3. The smallest absolute Gasteiger partial charge is 0.234 e. The van der Waals surface area contributed by atoms with Crippen molar-refractivity contribution < 1.29 is 49.3 Å². The minimum atomic E-state index is -2.13. The molecule has 2 fully saturated rings. The van der Waals surface area contributed by atoms with Crippen molar-refractivity contribution in [2.45, 2.75) is 23.9 Å². The van der Waals surface area contributed by atoms with E-state index in [-0.39, 0.29) is 35.2 Å². The Morgan fingerprint density at radius 3 is 2.60 bits per heavy atom. The molecule has 2 heterocycles. The van der Waals surface area contributed by atoms with Crippen LogP contribution in [0.2, 0.25) is 0 Å². The van der Waals surface area contributed by atoms with E-state index in [4.69, 9.17) is 14.2 Å². The average molecular weight is 482 g/mol. The molecule has 1 saturated carbocycles. The van der Waals surface area contributed by atoms with Gasteiger partial charge in [0.25, 0.3) is 0 Å². The highest BCUT2D eigenvalue weighted by molar-refractivity contribution is 6.06. The Bertz CT molecular complexity index is 1320. The number of rotatable bonds is 3. The summed E-state index contributed by atoms with van der Waals surface area (Å²) in [5.41, 5.74) is 0.796. The number of allylic oxidation sites excluding steroid dienone is 1. The Morgan fingerprint density at radius 2 is 1.86 bits per heavy atom. The predicted octanol–water partition coefficient (Wildman–Crippen LogP) is 0.990. The zero-order chi connectivity index (χ0) is 24.8. The molecule has 0 aromatic heterocycles. The van der Waals surface area contributed by atoms with Crippen molar-refractivity contribution in [3.8, 4) is 28.7 Å². The van der Waals surface area contributed by atoms with E-state index in [0.29, 0.717) is 11.1 Å².